The third-order valence-electron chi connectivity index (χ3n) is 11.2. The van der Waals surface area contributed by atoms with Crippen LogP contribution in [0.1, 0.15) is 93.3 Å². The molecule has 272 valence electrons. The molecule has 7 unspecified atom stereocenters. The smallest absolute Gasteiger partial charge is 0.232 e. The van der Waals surface area contributed by atoms with Crippen molar-refractivity contribution in [2.24, 2.45) is 23.5 Å². The SMILES string of the molecule is CCC(CC[C@@H](C)C(C)[C@@H]1[C@@H](CC[C@H](O)c2ccc(F)cc2)C(=O)N1c1ccc(CN)cc1)c1cccc(C2OC(CO)C(O)C(O)C2O)c1. The lowest BCUT2D eigenvalue weighted by Gasteiger charge is -2.52. The Morgan fingerprint density at radius 2 is 1.60 bits per heavy atom. The second kappa shape index (κ2) is 16.9. The number of hydrogen-bond donors (Lipinski definition) is 6. The van der Waals surface area contributed by atoms with Crippen molar-refractivity contribution >= 4 is 11.6 Å². The molecule has 0 bridgehead atoms. The van der Waals surface area contributed by atoms with Crippen LogP contribution in [0.15, 0.2) is 72.8 Å². The summed E-state index contributed by atoms with van der Waals surface area (Å²) in [6.07, 6.45) is -3.27. The van der Waals surface area contributed by atoms with E-state index in [1.165, 1.54) is 12.1 Å². The number of hydrogen-bond acceptors (Lipinski definition) is 8. The van der Waals surface area contributed by atoms with Crippen LogP contribution in [0.25, 0.3) is 0 Å². The van der Waals surface area contributed by atoms with Gasteiger partial charge in [-0.05, 0) is 96.4 Å². The van der Waals surface area contributed by atoms with Gasteiger partial charge in [0, 0.05) is 12.2 Å². The minimum atomic E-state index is -1.44. The molecule has 0 radical (unpaired) electrons. The summed E-state index contributed by atoms with van der Waals surface area (Å²) in [5.41, 5.74) is 10.0. The molecule has 11 atom stereocenters. The summed E-state index contributed by atoms with van der Waals surface area (Å²) in [6.45, 7) is 6.50. The molecule has 3 aromatic carbocycles. The number of carbonyl (C=O) groups excluding carboxylic acids is 1. The number of rotatable bonds is 15. The van der Waals surface area contributed by atoms with Crippen molar-refractivity contribution < 1.29 is 39.5 Å². The van der Waals surface area contributed by atoms with Crippen LogP contribution in [0, 0.1) is 23.6 Å². The van der Waals surface area contributed by atoms with E-state index in [9.17, 15) is 34.7 Å². The number of anilines is 1. The molecule has 7 N–H and O–H groups in total. The zero-order valence-corrected chi connectivity index (χ0v) is 29.2. The monoisotopic (exact) mass is 692 g/mol. The molecule has 0 aromatic heterocycles. The van der Waals surface area contributed by atoms with Crippen LogP contribution in [0.5, 0.6) is 0 Å². The largest absolute Gasteiger partial charge is 0.394 e. The highest BCUT2D eigenvalue weighted by Gasteiger charge is 2.51. The van der Waals surface area contributed by atoms with Gasteiger partial charge in [0.1, 0.15) is 36.3 Å². The first-order chi connectivity index (χ1) is 24.0. The maximum atomic E-state index is 13.7. The number of β-lactam (4-membered cyclic amide) rings is 1. The third-order valence-corrected chi connectivity index (χ3v) is 11.2. The van der Waals surface area contributed by atoms with Gasteiger partial charge in [-0.3, -0.25) is 4.79 Å². The lowest BCUT2D eigenvalue weighted by molar-refractivity contribution is -0.231. The molecule has 50 heavy (non-hydrogen) atoms. The van der Waals surface area contributed by atoms with E-state index in [0.717, 1.165) is 36.1 Å². The van der Waals surface area contributed by atoms with Gasteiger partial charge in [0.15, 0.2) is 0 Å². The van der Waals surface area contributed by atoms with Gasteiger partial charge in [-0.15, -0.1) is 0 Å². The number of benzene rings is 3. The van der Waals surface area contributed by atoms with Crippen molar-refractivity contribution in [2.45, 2.75) is 108 Å². The van der Waals surface area contributed by atoms with E-state index in [2.05, 4.69) is 26.8 Å². The van der Waals surface area contributed by atoms with E-state index in [4.69, 9.17) is 10.5 Å². The summed E-state index contributed by atoms with van der Waals surface area (Å²) in [6, 6.07) is 21.3. The zero-order chi connectivity index (χ0) is 36.1. The Hall–Kier alpha value is -3.22. The van der Waals surface area contributed by atoms with Gasteiger partial charge in [-0.25, -0.2) is 4.39 Å². The number of nitrogens with zero attached hydrogens (tertiary/aromatic N) is 1. The second-order valence-corrected chi connectivity index (χ2v) is 14.3. The highest BCUT2D eigenvalue weighted by molar-refractivity contribution is 6.03. The van der Waals surface area contributed by atoms with Crippen LogP contribution in [-0.2, 0) is 16.1 Å². The molecule has 3 aromatic rings. The van der Waals surface area contributed by atoms with Crippen molar-refractivity contribution in [3.63, 3.8) is 0 Å². The summed E-state index contributed by atoms with van der Waals surface area (Å²) < 4.78 is 19.3. The Morgan fingerprint density at radius 3 is 2.24 bits per heavy atom. The first-order valence-electron chi connectivity index (χ1n) is 17.9. The molecule has 9 nitrogen and oxygen atoms in total. The van der Waals surface area contributed by atoms with Crippen LogP contribution >= 0.6 is 0 Å². The Kier molecular flexibility index (Phi) is 12.8. The van der Waals surface area contributed by atoms with Gasteiger partial charge in [-0.2, -0.15) is 0 Å². The lowest BCUT2D eigenvalue weighted by Crippen LogP contribution is -2.64. The van der Waals surface area contributed by atoms with Crippen molar-refractivity contribution in [1.29, 1.82) is 0 Å². The summed E-state index contributed by atoms with van der Waals surface area (Å²) in [5.74, 6) is 0.0327. The molecule has 2 aliphatic heterocycles. The maximum Gasteiger partial charge on any atom is 0.232 e. The minimum Gasteiger partial charge on any atom is -0.394 e. The molecule has 0 spiro atoms. The zero-order valence-electron chi connectivity index (χ0n) is 29.2. The fraction of sp³-hybridized carbons (Fsp3) is 0.525. The number of carbonyl (C=O) groups is 1. The van der Waals surface area contributed by atoms with Crippen LogP contribution < -0.4 is 10.6 Å². The molecule has 0 saturated carbocycles. The Balaban J connectivity index is 1.28. The maximum absolute atomic E-state index is 13.7. The summed E-state index contributed by atoms with van der Waals surface area (Å²) in [4.78, 5) is 15.6. The van der Waals surface area contributed by atoms with E-state index in [0.29, 0.717) is 30.5 Å². The number of aliphatic hydroxyl groups excluding tert-OH is 5. The van der Waals surface area contributed by atoms with Crippen molar-refractivity contribution in [1.82, 2.24) is 0 Å². The highest BCUT2D eigenvalue weighted by Crippen LogP contribution is 2.44. The molecule has 5 rings (SSSR count). The lowest BCUT2D eigenvalue weighted by atomic mass is 9.70. The number of nitrogens with two attached hydrogens (primary N) is 1. The third kappa shape index (κ3) is 8.12. The first kappa shape index (κ1) is 38.0. The number of amides is 1. The molecule has 2 saturated heterocycles. The van der Waals surface area contributed by atoms with Gasteiger partial charge in [0.25, 0.3) is 0 Å². The molecular formula is C40H53FN2O7. The van der Waals surface area contributed by atoms with Gasteiger partial charge in [0.05, 0.1) is 24.7 Å². The van der Waals surface area contributed by atoms with Crippen molar-refractivity contribution in [3.8, 4) is 0 Å². The topological polar surface area (TPSA) is 157 Å². The first-order valence-corrected chi connectivity index (χ1v) is 17.9. The average molecular weight is 693 g/mol. The van der Waals surface area contributed by atoms with Crippen molar-refractivity contribution in [3.05, 3.63) is 101 Å². The van der Waals surface area contributed by atoms with Gasteiger partial charge < -0.3 is 40.9 Å². The van der Waals surface area contributed by atoms with Crippen LogP contribution in [0.4, 0.5) is 10.1 Å². The van der Waals surface area contributed by atoms with Crippen LogP contribution in [0.3, 0.4) is 0 Å². The van der Waals surface area contributed by atoms with Gasteiger partial charge >= 0.3 is 0 Å². The Bertz CT molecular complexity index is 1540. The van der Waals surface area contributed by atoms with Crippen molar-refractivity contribution in [2.75, 3.05) is 11.5 Å². The average Bonchev–Trinajstić information content (AvgIpc) is 3.13. The van der Waals surface area contributed by atoms with E-state index < -0.39 is 43.2 Å². The van der Waals surface area contributed by atoms with E-state index >= 15 is 0 Å². The van der Waals surface area contributed by atoms with Crippen LogP contribution in [0.2, 0.25) is 0 Å². The predicted molar refractivity (Wildman–Crippen MR) is 189 cm³/mol. The highest BCUT2D eigenvalue weighted by atomic mass is 19.1. The number of ether oxygens (including phenoxy) is 1. The summed E-state index contributed by atoms with van der Waals surface area (Å²) in [7, 11) is 0. The minimum absolute atomic E-state index is 0.0392. The fourth-order valence-corrected chi connectivity index (χ4v) is 7.78. The van der Waals surface area contributed by atoms with E-state index in [-0.39, 0.29) is 41.4 Å². The Labute approximate surface area is 294 Å². The molecular weight excluding hydrogens is 639 g/mol. The van der Waals surface area contributed by atoms with Gasteiger partial charge in [-0.1, -0.05) is 69.3 Å². The van der Waals surface area contributed by atoms with E-state index in [1.54, 1.807) is 12.1 Å². The Morgan fingerprint density at radius 1 is 0.900 bits per heavy atom. The fourth-order valence-electron chi connectivity index (χ4n) is 7.78. The molecule has 2 aliphatic rings. The van der Waals surface area contributed by atoms with Gasteiger partial charge in [0.2, 0.25) is 5.91 Å². The molecule has 0 aliphatic carbocycles. The molecule has 10 heteroatoms. The van der Waals surface area contributed by atoms with E-state index in [1.807, 2.05) is 47.4 Å². The summed E-state index contributed by atoms with van der Waals surface area (Å²) >= 11 is 0. The normalized spacial score (nSPS) is 27.8. The quantitative estimate of drug-likeness (QED) is 0.123. The molecule has 2 fully saturated rings. The molecule has 1 amide bonds. The molecule has 2 heterocycles. The predicted octanol–water partition coefficient (Wildman–Crippen LogP) is 4.89. The number of halogens is 1. The summed E-state index contributed by atoms with van der Waals surface area (Å²) in [5, 5.41) is 51.8. The number of aliphatic hydroxyl groups is 5. The second-order valence-electron chi connectivity index (χ2n) is 14.3. The standard InChI is InChI=1S/C40H53FN2O7/c1-4-26(28-6-5-7-29(20-28)39-38(48)37(47)36(46)34(22-44)50-39)11-8-23(2)24(3)35-32(18-19-33(45)27-12-14-30(41)15-13-27)40(49)43(35)31-16-9-25(21-42)10-17-31/h5-7,9-10,12-17,20,23-24,26,32-39,44-48H,4,8,11,18-19,21-22,42H2,1-3H3/t23-,24?,26?,32-,33+,34?,35-,36?,37?,38?,39?/m1/s1. The van der Waals surface area contributed by atoms with Crippen LogP contribution in [-0.4, -0.2) is 68.5 Å².